The fourth-order valence-electron chi connectivity index (χ4n) is 3.02. The van der Waals surface area contributed by atoms with Gasteiger partial charge >= 0.3 is 0 Å². The molecule has 4 rings (SSSR count). The Bertz CT molecular complexity index is 1070. The fraction of sp³-hybridized carbons (Fsp3) is 0.0833. The lowest BCUT2D eigenvalue weighted by Gasteiger charge is -2.23. The summed E-state index contributed by atoms with van der Waals surface area (Å²) in [7, 11) is 3.57. The van der Waals surface area contributed by atoms with Gasteiger partial charge < -0.3 is 9.64 Å². The van der Waals surface area contributed by atoms with Crippen LogP contribution in [-0.2, 0) is 4.84 Å². The van der Waals surface area contributed by atoms with Crippen molar-refractivity contribution in [3.8, 4) is 11.5 Å². The van der Waals surface area contributed by atoms with Gasteiger partial charge in [0, 0.05) is 18.8 Å². The number of ether oxygens (including phenoxy) is 1. The molecule has 6 nitrogen and oxygen atoms in total. The zero-order valence-electron chi connectivity index (χ0n) is 16.8. The highest BCUT2D eigenvalue weighted by molar-refractivity contribution is 5.65. The molecule has 0 aliphatic rings. The van der Waals surface area contributed by atoms with E-state index in [1.165, 1.54) is 6.33 Å². The first-order valence-corrected chi connectivity index (χ1v) is 9.52. The SMILES string of the molecule is CON(c1ccc(Oc2ccccc2)cc1)c1cc(N(C)c2ccccc2)ncn1. The fourth-order valence-corrected chi connectivity index (χ4v) is 3.02. The Morgan fingerprint density at radius 3 is 1.93 bits per heavy atom. The van der Waals surface area contributed by atoms with Gasteiger partial charge in [0.1, 0.15) is 23.6 Å². The first-order chi connectivity index (χ1) is 14.7. The third-order valence-corrected chi connectivity index (χ3v) is 4.57. The predicted octanol–water partition coefficient (Wildman–Crippen LogP) is 5.74. The van der Waals surface area contributed by atoms with Crippen LogP contribution in [0.3, 0.4) is 0 Å². The maximum absolute atomic E-state index is 5.86. The summed E-state index contributed by atoms with van der Waals surface area (Å²) in [4.78, 5) is 16.4. The Hall–Kier alpha value is -3.90. The van der Waals surface area contributed by atoms with E-state index in [-0.39, 0.29) is 0 Å². The van der Waals surface area contributed by atoms with Crippen molar-refractivity contribution < 1.29 is 9.57 Å². The Morgan fingerprint density at radius 1 is 0.667 bits per heavy atom. The summed E-state index contributed by atoms with van der Waals surface area (Å²) in [5.74, 6) is 2.92. The standard InChI is InChI=1S/C24H22N4O2/c1-27(19-9-5-3-6-10-19)23-17-24(26-18-25-23)28(29-2)20-13-15-22(16-14-20)30-21-11-7-4-8-12-21/h3-18H,1-2H3. The van der Waals surface area contributed by atoms with Crippen LogP contribution in [0.4, 0.5) is 23.0 Å². The van der Waals surface area contributed by atoms with E-state index < -0.39 is 0 Å². The van der Waals surface area contributed by atoms with Crippen molar-refractivity contribution in [1.29, 1.82) is 0 Å². The number of hydrogen-bond donors (Lipinski definition) is 0. The summed E-state index contributed by atoms with van der Waals surface area (Å²) < 4.78 is 5.86. The van der Waals surface area contributed by atoms with Crippen LogP contribution in [-0.4, -0.2) is 24.1 Å². The Labute approximate surface area is 175 Å². The largest absolute Gasteiger partial charge is 0.457 e. The molecule has 0 aliphatic carbocycles. The van der Waals surface area contributed by atoms with E-state index in [0.717, 1.165) is 28.7 Å². The third kappa shape index (κ3) is 4.39. The summed E-state index contributed by atoms with van der Waals surface area (Å²) in [6, 6.07) is 29.2. The monoisotopic (exact) mass is 398 g/mol. The Kier molecular flexibility index (Phi) is 5.87. The molecule has 0 bridgehead atoms. The van der Waals surface area contributed by atoms with Crippen molar-refractivity contribution in [3.63, 3.8) is 0 Å². The van der Waals surface area contributed by atoms with Crippen molar-refractivity contribution in [3.05, 3.63) is 97.3 Å². The minimum atomic E-state index is 0.627. The van der Waals surface area contributed by atoms with E-state index in [0.29, 0.717) is 5.82 Å². The van der Waals surface area contributed by atoms with Crippen molar-refractivity contribution in [2.75, 3.05) is 24.1 Å². The second kappa shape index (κ2) is 9.07. The van der Waals surface area contributed by atoms with Crippen LogP contribution in [0.1, 0.15) is 0 Å². The van der Waals surface area contributed by atoms with Gasteiger partial charge in [0.15, 0.2) is 5.82 Å². The first-order valence-electron chi connectivity index (χ1n) is 9.52. The zero-order chi connectivity index (χ0) is 20.8. The lowest BCUT2D eigenvalue weighted by Crippen LogP contribution is -2.18. The highest BCUT2D eigenvalue weighted by Gasteiger charge is 2.14. The summed E-state index contributed by atoms with van der Waals surface area (Å²) in [5, 5.41) is 1.65. The van der Waals surface area contributed by atoms with Crippen LogP contribution in [0.5, 0.6) is 11.5 Å². The minimum absolute atomic E-state index is 0.627. The molecular formula is C24H22N4O2. The molecule has 1 heterocycles. The lowest BCUT2D eigenvalue weighted by atomic mass is 10.3. The number of nitrogens with zero attached hydrogens (tertiary/aromatic N) is 4. The van der Waals surface area contributed by atoms with Gasteiger partial charge in [0.25, 0.3) is 0 Å². The highest BCUT2D eigenvalue weighted by atomic mass is 16.7. The van der Waals surface area contributed by atoms with E-state index in [9.17, 15) is 0 Å². The average molecular weight is 398 g/mol. The Morgan fingerprint density at radius 2 is 1.27 bits per heavy atom. The molecule has 0 N–H and O–H groups in total. The second-order valence-corrected chi connectivity index (χ2v) is 6.51. The van der Waals surface area contributed by atoms with Crippen LogP contribution >= 0.6 is 0 Å². The molecule has 3 aromatic carbocycles. The van der Waals surface area contributed by atoms with Gasteiger partial charge in [-0.25, -0.2) is 15.0 Å². The van der Waals surface area contributed by atoms with E-state index in [2.05, 4.69) is 9.97 Å². The smallest absolute Gasteiger partial charge is 0.163 e. The quantitative estimate of drug-likeness (QED) is 0.370. The maximum atomic E-state index is 5.86. The number of hydrogen-bond acceptors (Lipinski definition) is 6. The van der Waals surface area contributed by atoms with Gasteiger partial charge in [-0.15, -0.1) is 0 Å². The van der Waals surface area contributed by atoms with Gasteiger partial charge in [-0.2, -0.15) is 0 Å². The topological polar surface area (TPSA) is 50.7 Å². The minimum Gasteiger partial charge on any atom is -0.457 e. The van der Waals surface area contributed by atoms with Crippen LogP contribution in [0.15, 0.2) is 97.3 Å². The molecule has 0 radical (unpaired) electrons. The van der Waals surface area contributed by atoms with Crippen LogP contribution in [0.25, 0.3) is 0 Å². The van der Waals surface area contributed by atoms with Crippen LogP contribution in [0, 0.1) is 0 Å². The number of aromatic nitrogens is 2. The molecule has 4 aromatic rings. The van der Waals surface area contributed by atoms with Crippen molar-refractivity contribution >= 4 is 23.0 Å². The molecule has 150 valence electrons. The molecule has 0 fully saturated rings. The Balaban J connectivity index is 1.55. The van der Waals surface area contributed by atoms with Gasteiger partial charge in [-0.1, -0.05) is 36.4 Å². The number of anilines is 4. The molecule has 0 spiro atoms. The maximum Gasteiger partial charge on any atom is 0.163 e. The van der Waals surface area contributed by atoms with Crippen molar-refractivity contribution in [2.45, 2.75) is 0 Å². The molecule has 0 unspecified atom stereocenters. The average Bonchev–Trinajstić information content (AvgIpc) is 2.82. The lowest BCUT2D eigenvalue weighted by molar-refractivity contribution is 0.199. The highest BCUT2D eigenvalue weighted by Crippen LogP contribution is 2.30. The van der Waals surface area contributed by atoms with Crippen molar-refractivity contribution in [1.82, 2.24) is 9.97 Å². The second-order valence-electron chi connectivity index (χ2n) is 6.51. The van der Waals surface area contributed by atoms with E-state index in [4.69, 9.17) is 9.57 Å². The number of para-hydroxylation sites is 2. The molecule has 1 aromatic heterocycles. The molecule has 6 heteroatoms. The molecule has 0 saturated heterocycles. The van der Waals surface area contributed by atoms with E-state index in [1.54, 1.807) is 12.2 Å². The molecule has 30 heavy (non-hydrogen) atoms. The number of rotatable bonds is 7. The molecule has 0 amide bonds. The normalized spacial score (nSPS) is 10.5. The molecule has 0 atom stereocenters. The van der Waals surface area contributed by atoms with Crippen LogP contribution in [0.2, 0.25) is 0 Å². The van der Waals surface area contributed by atoms with E-state index >= 15 is 0 Å². The van der Waals surface area contributed by atoms with Gasteiger partial charge in [0.05, 0.1) is 12.8 Å². The predicted molar refractivity (Wildman–Crippen MR) is 119 cm³/mol. The zero-order valence-corrected chi connectivity index (χ0v) is 16.8. The molecule has 0 aliphatic heterocycles. The summed E-state index contributed by atoms with van der Waals surface area (Å²) in [6.45, 7) is 0. The van der Waals surface area contributed by atoms with Gasteiger partial charge in [-0.3, -0.25) is 4.84 Å². The summed E-state index contributed by atoms with van der Waals surface area (Å²) in [6.07, 6.45) is 1.53. The molecule has 0 saturated carbocycles. The molecular weight excluding hydrogens is 376 g/mol. The van der Waals surface area contributed by atoms with Gasteiger partial charge in [0.2, 0.25) is 0 Å². The summed E-state index contributed by atoms with van der Waals surface area (Å²) >= 11 is 0. The van der Waals surface area contributed by atoms with Crippen molar-refractivity contribution in [2.24, 2.45) is 0 Å². The van der Waals surface area contributed by atoms with E-state index in [1.807, 2.05) is 103 Å². The third-order valence-electron chi connectivity index (χ3n) is 4.57. The first kappa shape index (κ1) is 19.4. The number of benzene rings is 3. The van der Waals surface area contributed by atoms with Gasteiger partial charge in [-0.05, 0) is 48.5 Å². The summed E-state index contributed by atoms with van der Waals surface area (Å²) in [5.41, 5.74) is 1.86. The van der Waals surface area contributed by atoms with Crippen LogP contribution < -0.4 is 14.7 Å².